The molecule has 1 aromatic heterocycles. The normalized spacial score (nSPS) is 10.1. The molecule has 0 bridgehead atoms. The molecule has 0 amide bonds. The van der Waals surface area contributed by atoms with Crippen LogP contribution in [0.1, 0.15) is 26.5 Å². The third-order valence-corrected chi connectivity index (χ3v) is 2.34. The lowest BCUT2D eigenvalue weighted by molar-refractivity contribution is 0.110. The van der Waals surface area contributed by atoms with Crippen molar-refractivity contribution in [2.24, 2.45) is 0 Å². The van der Waals surface area contributed by atoms with Crippen LogP contribution in [0.5, 0.6) is 0 Å². The summed E-state index contributed by atoms with van der Waals surface area (Å²) in [6.45, 7) is 1.91. The van der Waals surface area contributed by atoms with E-state index in [4.69, 9.17) is 4.42 Å². The molecule has 0 aliphatic carbocycles. The summed E-state index contributed by atoms with van der Waals surface area (Å²) in [5.74, 6) is 0.789. The van der Waals surface area contributed by atoms with Gasteiger partial charge in [0.2, 0.25) is 0 Å². The summed E-state index contributed by atoms with van der Waals surface area (Å²) in [5, 5.41) is 0. The van der Waals surface area contributed by atoms with Crippen LogP contribution in [0.4, 0.5) is 0 Å². The number of aryl methyl sites for hydroxylation is 1. The van der Waals surface area contributed by atoms with E-state index in [0.29, 0.717) is 23.2 Å². The minimum Gasteiger partial charge on any atom is -0.453 e. The maximum absolute atomic E-state index is 10.9. The lowest BCUT2D eigenvalue weighted by Gasteiger charge is -2.02. The Morgan fingerprint density at radius 1 is 1.06 bits per heavy atom. The topological polar surface area (TPSA) is 47.3 Å². The molecule has 3 heteroatoms. The quantitative estimate of drug-likeness (QED) is 0.738. The predicted octanol–water partition coefficient (Wildman–Crippen LogP) is 2.88. The van der Waals surface area contributed by atoms with Crippen LogP contribution in [-0.2, 0) is 0 Å². The van der Waals surface area contributed by atoms with Gasteiger partial charge >= 0.3 is 0 Å². The molecule has 16 heavy (non-hydrogen) atoms. The summed E-state index contributed by atoms with van der Waals surface area (Å²) < 4.78 is 5.27. The Morgan fingerprint density at radius 3 is 2.50 bits per heavy atom. The fraction of sp³-hybridized carbons (Fsp3) is 0.0769. The van der Waals surface area contributed by atoms with Crippen LogP contribution in [0, 0.1) is 6.92 Å². The monoisotopic (exact) mass is 214 g/mol. The Balaban J connectivity index is 2.54. The van der Waals surface area contributed by atoms with Crippen molar-refractivity contribution in [3.63, 3.8) is 0 Å². The predicted molar refractivity (Wildman–Crippen MR) is 59.7 cm³/mol. The summed E-state index contributed by atoms with van der Waals surface area (Å²) in [4.78, 5) is 21.4. The van der Waals surface area contributed by atoms with E-state index in [-0.39, 0.29) is 5.76 Å². The van der Waals surface area contributed by atoms with Crippen molar-refractivity contribution in [2.75, 3.05) is 0 Å². The van der Waals surface area contributed by atoms with E-state index in [1.807, 2.05) is 19.1 Å². The van der Waals surface area contributed by atoms with Gasteiger partial charge in [-0.25, -0.2) is 0 Å². The highest BCUT2D eigenvalue weighted by molar-refractivity contribution is 5.87. The van der Waals surface area contributed by atoms with Crippen molar-refractivity contribution < 1.29 is 14.0 Å². The van der Waals surface area contributed by atoms with E-state index in [1.165, 1.54) is 0 Å². The zero-order chi connectivity index (χ0) is 11.5. The lowest BCUT2D eigenvalue weighted by Crippen LogP contribution is -1.87. The van der Waals surface area contributed by atoms with E-state index in [0.717, 1.165) is 11.8 Å². The molecule has 0 atom stereocenters. The fourth-order valence-corrected chi connectivity index (χ4v) is 1.56. The Kier molecular flexibility index (Phi) is 2.68. The molecule has 0 aliphatic rings. The Bertz CT molecular complexity index is 538. The molecule has 0 fully saturated rings. The summed E-state index contributed by atoms with van der Waals surface area (Å²) in [7, 11) is 0. The first-order valence-electron chi connectivity index (χ1n) is 4.86. The summed E-state index contributed by atoms with van der Waals surface area (Å²) >= 11 is 0. The molecule has 1 heterocycles. The molecule has 0 aliphatic heterocycles. The van der Waals surface area contributed by atoms with Gasteiger partial charge in [0.05, 0.1) is 0 Å². The van der Waals surface area contributed by atoms with E-state index >= 15 is 0 Å². The van der Waals surface area contributed by atoms with Crippen LogP contribution in [0.2, 0.25) is 0 Å². The van der Waals surface area contributed by atoms with Crippen molar-refractivity contribution >= 4 is 12.6 Å². The summed E-state index contributed by atoms with van der Waals surface area (Å²) in [5.41, 5.74) is 2.27. The Morgan fingerprint density at radius 2 is 1.88 bits per heavy atom. The highest BCUT2D eigenvalue weighted by Gasteiger charge is 2.08. The van der Waals surface area contributed by atoms with Crippen molar-refractivity contribution in [1.82, 2.24) is 0 Å². The van der Waals surface area contributed by atoms with Crippen molar-refractivity contribution in [3.8, 4) is 11.3 Å². The Labute approximate surface area is 92.7 Å². The van der Waals surface area contributed by atoms with Gasteiger partial charge in [-0.15, -0.1) is 0 Å². The molecule has 0 spiro atoms. The van der Waals surface area contributed by atoms with Gasteiger partial charge in [-0.2, -0.15) is 0 Å². The van der Waals surface area contributed by atoms with Crippen LogP contribution in [-0.4, -0.2) is 12.6 Å². The van der Waals surface area contributed by atoms with Gasteiger partial charge in [0, 0.05) is 11.1 Å². The maximum atomic E-state index is 10.9. The fourth-order valence-electron chi connectivity index (χ4n) is 1.56. The third-order valence-electron chi connectivity index (χ3n) is 2.34. The average Bonchev–Trinajstić information content (AvgIpc) is 2.77. The van der Waals surface area contributed by atoms with Gasteiger partial charge in [0.15, 0.2) is 18.3 Å². The van der Waals surface area contributed by atoms with E-state index in [9.17, 15) is 9.59 Å². The van der Waals surface area contributed by atoms with E-state index < -0.39 is 0 Å². The largest absolute Gasteiger partial charge is 0.453 e. The first-order valence-corrected chi connectivity index (χ1v) is 4.86. The van der Waals surface area contributed by atoms with Gasteiger partial charge in [-0.05, 0) is 25.1 Å². The number of carbonyl (C=O) groups excluding carboxylic acids is 2. The maximum Gasteiger partial charge on any atom is 0.185 e. The van der Waals surface area contributed by atoms with E-state index in [1.54, 1.807) is 18.2 Å². The standard InChI is InChI=1S/C13H10O3/c1-9-2-4-12(10(6-9)7-14)13-5-3-11(8-15)16-13/h2-8H,1H3. The van der Waals surface area contributed by atoms with Crippen molar-refractivity contribution in [2.45, 2.75) is 6.92 Å². The molecule has 0 saturated carbocycles. The molecule has 2 aromatic rings. The lowest BCUT2D eigenvalue weighted by atomic mass is 10.0. The highest BCUT2D eigenvalue weighted by atomic mass is 16.3. The van der Waals surface area contributed by atoms with Gasteiger partial charge in [0.1, 0.15) is 5.76 Å². The van der Waals surface area contributed by atoms with Crippen LogP contribution in [0.15, 0.2) is 34.7 Å². The average molecular weight is 214 g/mol. The number of rotatable bonds is 3. The molecule has 0 N–H and O–H groups in total. The van der Waals surface area contributed by atoms with Crippen LogP contribution in [0.25, 0.3) is 11.3 Å². The SMILES string of the molecule is Cc1ccc(-c2ccc(C=O)o2)c(C=O)c1. The number of carbonyl (C=O) groups is 2. The van der Waals surface area contributed by atoms with Crippen LogP contribution >= 0.6 is 0 Å². The first kappa shape index (κ1) is 10.4. The van der Waals surface area contributed by atoms with Crippen LogP contribution < -0.4 is 0 Å². The number of aldehydes is 2. The smallest absolute Gasteiger partial charge is 0.185 e. The van der Waals surface area contributed by atoms with E-state index in [2.05, 4.69) is 0 Å². The van der Waals surface area contributed by atoms with Gasteiger partial charge in [-0.1, -0.05) is 17.7 Å². The molecule has 1 aromatic carbocycles. The molecule has 2 rings (SSSR count). The molecule has 0 radical (unpaired) electrons. The molecular formula is C13H10O3. The van der Waals surface area contributed by atoms with Crippen molar-refractivity contribution in [1.29, 1.82) is 0 Å². The minimum atomic E-state index is 0.257. The highest BCUT2D eigenvalue weighted by Crippen LogP contribution is 2.25. The van der Waals surface area contributed by atoms with Gasteiger partial charge < -0.3 is 4.42 Å². The summed E-state index contributed by atoms with van der Waals surface area (Å²) in [6.07, 6.45) is 1.42. The molecule has 0 unspecified atom stereocenters. The second-order valence-electron chi connectivity index (χ2n) is 3.53. The molecule has 3 nitrogen and oxygen atoms in total. The number of furan rings is 1. The first-order chi connectivity index (χ1) is 7.74. The second kappa shape index (κ2) is 4.14. The van der Waals surface area contributed by atoms with Crippen LogP contribution in [0.3, 0.4) is 0 Å². The Hall–Kier alpha value is -2.16. The molecular weight excluding hydrogens is 204 g/mol. The molecule has 0 saturated heterocycles. The van der Waals surface area contributed by atoms with Gasteiger partial charge in [-0.3, -0.25) is 9.59 Å². The number of hydrogen-bond donors (Lipinski definition) is 0. The van der Waals surface area contributed by atoms with Crippen molar-refractivity contribution in [3.05, 3.63) is 47.2 Å². The zero-order valence-electron chi connectivity index (χ0n) is 8.77. The summed E-state index contributed by atoms with van der Waals surface area (Å²) in [6, 6.07) is 8.75. The second-order valence-corrected chi connectivity index (χ2v) is 3.53. The molecule has 80 valence electrons. The van der Waals surface area contributed by atoms with Gasteiger partial charge in [0.25, 0.3) is 0 Å². The number of hydrogen-bond acceptors (Lipinski definition) is 3. The minimum absolute atomic E-state index is 0.257. The zero-order valence-corrected chi connectivity index (χ0v) is 8.77. The number of benzene rings is 1. The third kappa shape index (κ3) is 1.80.